The summed E-state index contributed by atoms with van der Waals surface area (Å²) in [6, 6.07) is 0.209. The van der Waals surface area contributed by atoms with E-state index in [0.717, 1.165) is 24.2 Å². The Morgan fingerprint density at radius 1 is 0.933 bits per heavy atom. The van der Waals surface area contributed by atoms with E-state index < -0.39 is 0 Å². The lowest BCUT2D eigenvalue weighted by Crippen LogP contribution is -2.55. The Morgan fingerprint density at radius 3 is 2.10 bits per heavy atom. The van der Waals surface area contributed by atoms with Crippen molar-refractivity contribution >= 4 is 0 Å². The molecule has 4 atom stereocenters. The topological polar surface area (TPSA) is 81.7 Å². The normalized spacial score (nSPS) is 25.2. The van der Waals surface area contributed by atoms with Gasteiger partial charge in [0.25, 0.3) is 0 Å². The molecule has 30 heavy (non-hydrogen) atoms. The van der Waals surface area contributed by atoms with E-state index in [1.54, 1.807) is 0 Å². The van der Waals surface area contributed by atoms with E-state index in [1.807, 2.05) is 4.68 Å². The fraction of sp³-hybridized carbons (Fsp3) is 0.818. The standard InChI is InChI=1S/C22H38N6O2/c1-13(2)17-11-27(25-23-17)19-9-22(30-16(7)8)20(10-21(19)29-15(5)6)28-12-18(14(3)4)24-26-28/h11-16,19-22H,9-10H2,1-8H3/p+1. The first-order valence-electron chi connectivity index (χ1n) is 11.3. The van der Waals surface area contributed by atoms with Crippen LogP contribution >= 0.6 is 0 Å². The van der Waals surface area contributed by atoms with Crippen molar-refractivity contribution in [1.82, 2.24) is 25.3 Å². The van der Waals surface area contributed by atoms with E-state index in [9.17, 15) is 0 Å². The van der Waals surface area contributed by atoms with Crippen LogP contribution in [-0.4, -0.2) is 49.7 Å². The number of aromatic nitrogens is 6. The molecule has 1 aliphatic carbocycles. The molecule has 1 N–H and O–H groups in total. The summed E-state index contributed by atoms with van der Waals surface area (Å²) in [6.45, 7) is 16.9. The Labute approximate surface area is 180 Å². The van der Waals surface area contributed by atoms with E-state index in [-0.39, 0.29) is 36.5 Å². The van der Waals surface area contributed by atoms with Gasteiger partial charge in [-0.1, -0.05) is 38.1 Å². The number of nitrogens with zero attached hydrogens (tertiary/aromatic N) is 5. The molecule has 0 spiro atoms. The molecule has 1 aliphatic rings. The molecular formula is C22H39N6O2+. The zero-order valence-corrected chi connectivity index (χ0v) is 19.7. The average Bonchev–Trinajstić information content (AvgIpc) is 3.31. The van der Waals surface area contributed by atoms with Crippen molar-refractivity contribution in [2.75, 3.05) is 0 Å². The number of nitrogens with one attached hydrogen (secondary N) is 1. The minimum atomic E-state index is 0.0158. The predicted octanol–water partition coefficient (Wildman–Crippen LogP) is 3.70. The lowest BCUT2D eigenvalue weighted by atomic mass is 9.85. The van der Waals surface area contributed by atoms with Gasteiger partial charge in [0.2, 0.25) is 5.69 Å². The molecule has 2 aromatic rings. The Kier molecular flexibility index (Phi) is 7.29. The highest BCUT2D eigenvalue weighted by molar-refractivity contribution is 5.01. The Morgan fingerprint density at radius 2 is 1.57 bits per heavy atom. The van der Waals surface area contributed by atoms with E-state index in [2.05, 4.69) is 93.1 Å². The van der Waals surface area contributed by atoms with Crippen LogP contribution in [0, 0.1) is 0 Å². The fourth-order valence-electron chi connectivity index (χ4n) is 4.14. The molecule has 3 rings (SSSR count). The van der Waals surface area contributed by atoms with Crippen molar-refractivity contribution in [2.24, 2.45) is 0 Å². The second-order valence-corrected chi connectivity index (χ2v) is 9.66. The summed E-state index contributed by atoms with van der Waals surface area (Å²) >= 11 is 0. The van der Waals surface area contributed by atoms with E-state index in [4.69, 9.17) is 9.47 Å². The zero-order valence-electron chi connectivity index (χ0n) is 19.7. The van der Waals surface area contributed by atoms with Crippen LogP contribution in [-0.2, 0) is 9.47 Å². The molecule has 8 heteroatoms. The SMILES string of the molecule is CC(C)OC1CC([n+]2cc(C(C)C)n[nH]2)C(OC(C)C)CC1n1cc(C(C)C)nn1. The van der Waals surface area contributed by atoms with Gasteiger partial charge in [-0.25, -0.2) is 4.68 Å². The van der Waals surface area contributed by atoms with Gasteiger partial charge in [-0.05, 0) is 33.6 Å². The van der Waals surface area contributed by atoms with Gasteiger partial charge in [-0.3, -0.25) is 0 Å². The van der Waals surface area contributed by atoms with Crippen LogP contribution in [0.15, 0.2) is 12.4 Å². The van der Waals surface area contributed by atoms with Crippen LogP contribution < -0.4 is 4.68 Å². The van der Waals surface area contributed by atoms with Crippen LogP contribution in [0.3, 0.4) is 0 Å². The highest BCUT2D eigenvalue weighted by atomic mass is 16.5. The largest absolute Gasteiger partial charge is 0.373 e. The van der Waals surface area contributed by atoms with Crippen molar-refractivity contribution in [3.63, 3.8) is 0 Å². The molecule has 0 amide bonds. The third kappa shape index (κ3) is 5.27. The summed E-state index contributed by atoms with van der Waals surface area (Å²) in [5, 5.41) is 16.6. The first kappa shape index (κ1) is 22.9. The number of ether oxygens (including phenoxy) is 2. The van der Waals surface area contributed by atoms with Gasteiger partial charge in [-0.15, -0.1) is 5.10 Å². The number of H-pyrrole nitrogens is 1. The molecular weight excluding hydrogens is 380 g/mol. The predicted molar refractivity (Wildman–Crippen MR) is 114 cm³/mol. The van der Waals surface area contributed by atoms with Gasteiger partial charge in [0, 0.05) is 30.1 Å². The Balaban J connectivity index is 1.92. The van der Waals surface area contributed by atoms with Gasteiger partial charge < -0.3 is 9.47 Å². The Hall–Kier alpha value is -1.80. The molecule has 0 radical (unpaired) electrons. The molecule has 4 unspecified atom stereocenters. The summed E-state index contributed by atoms with van der Waals surface area (Å²) < 4.78 is 16.9. The van der Waals surface area contributed by atoms with Crippen molar-refractivity contribution in [3.05, 3.63) is 23.8 Å². The van der Waals surface area contributed by atoms with Crippen molar-refractivity contribution < 1.29 is 14.2 Å². The van der Waals surface area contributed by atoms with Gasteiger partial charge in [0.05, 0.1) is 30.0 Å². The van der Waals surface area contributed by atoms with E-state index in [0.29, 0.717) is 11.8 Å². The number of aromatic amines is 1. The molecule has 1 fully saturated rings. The highest BCUT2D eigenvalue weighted by Crippen LogP contribution is 2.37. The highest BCUT2D eigenvalue weighted by Gasteiger charge is 2.44. The van der Waals surface area contributed by atoms with Crippen molar-refractivity contribution in [3.8, 4) is 0 Å². The van der Waals surface area contributed by atoms with Crippen LogP contribution in [0.5, 0.6) is 0 Å². The lowest BCUT2D eigenvalue weighted by molar-refractivity contribution is -0.787. The maximum Gasteiger partial charge on any atom is 0.220 e. The summed E-state index contributed by atoms with van der Waals surface area (Å²) in [6.07, 6.45) is 6.12. The quantitative estimate of drug-likeness (QED) is 0.660. The van der Waals surface area contributed by atoms with Crippen LogP contribution in [0.4, 0.5) is 0 Å². The van der Waals surface area contributed by atoms with Crippen LogP contribution in [0.1, 0.15) is 104 Å². The van der Waals surface area contributed by atoms with Gasteiger partial charge in [0.1, 0.15) is 12.1 Å². The fourth-order valence-corrected chi connectivity index (χ4v) is 4.14. The summed E-state index contributed by atoms with van der Waals surface area (Å²) in [4.78, 5) is 0. The maximum atomic E-state index is 6.40. The first-order chi connectivity index (χ1) is 14.2. The molecule has 0 saturated heterocycles. The summed E-state index contributed by atoms with van der Waals surface area (Å²) in [5.41, 5.74) is 2.06. The number of hydrogen-bond acceptors (Lipinski definition) is 5. The van der Waals surface area contributed by atoms with Crippen LogP contribution in [0.25, 0.3) is 0 Å². The first-order valence-corrected chi connectivity index (χ1v) is 11.3. The Bertz CT molecular complexity index is 731. The number of rotatable bonds is 8. The molecule has 2 aromatic heterocycles. The second-order valence-electron chi connectivity index (χ2n) is 9.66. The zero-order chi connectivity index (χ0) is 22.0. The number of hydrogen-bond donors (Lipinski definition) is 1. The minimum Gasteiger partial charge on any atom is -0.373 e. The third-order valence-electron chi connectivity index (χ3n) is 5.67. The van der Waals surface area contributed by atoms with Gasteiger partial charge in [-0.2, -0.15) is 4.68 Å². The van der Waals surface area contributed by atoms with Gasteiger partial charge in [0.15, 0.2) is 6.20 Å². The van der Waals surface area contributed by atoms with Gasteiger partial charge >= 0.3 is 0 Å². The smallest absolute Gasteiger partial charge is 0.220 e. The molecule has 0 aromatic carbocycles. The maximum absolute atomic E-state index is 6.40. The summed E-state index contributed by atoms with van der Waals surface area (Å²) in [7, 11) is 0. The lowest BCUT2D eigenvalue weighted by Gasteiger charge is -2.40. The van der Waals surface area contributed by atoms with E-state index >= 15 is 0 Å². The molecule has 2 heterocycles. The van der Waals surface area contributed by atoms with Crippen molar-refractivity contribution in [1.29, 1.82) is 0 Å². The second kappa shape index (κ2) is 9.56. The third-order valence-corrected chi connectivity index (χ3v) is 5.67. The van der Waals surface area contributed by atoms with E-state index in [1.165, 1.54) is 0 Å². The monoisotopic (exact) mass is 419 g/mol. The minimum absolute atomic E-state index is 0.0158. The molecule has 0 aliphatic heterocycles. The summed E-state index contributed by atoms with van der Waals surface area (Å²) in [5.74, 6) is 0.716. The molecule has 0 bridgehead atoms. The van der Waals surface area contributed by atoms with Crippen molar-refractivity contribution in [2.45, 2.75) is 117 Å². The van der Waals surface area contributed by atoms with Crippen LogP contribution in [0.2, 0.25) is 0 Å². The molecule has 8 nitrogen and oxygen atoms in total. The molecule has 168 valence electrons. The average molecular weight is 420 g/mol. The molecule has 1 saturated carbocycles.